The minimum Gasteiger partial charge on any atom is -0.306 e. The van der Waals surface area contributed by atoms with Crippen LogP contribution in [0.15, 0.2) is 48.5 Å². The standard InChI is InChI=1S/C20H20F3N3.ClH/c1-25-12-10-14(11-13-25)19-17-4-2-3-5-18(17)26(24-19)16-8-6-15(7-9-16)20(21,22)23;/h2-9,14H,10-13H2,1H3;1H. The van der Waals surface area contributed by atoms with Crippen molar-refractivity contribution in [2.24, 2.45) is 0 Å². The van der Waals surface area contributed by atoms with Crippen LogP contribution in [-0.2, 0) is 6.18 Å². The zero-order valence-corrected chi connectivity index (χ0v) is 15.7. The average molecular weight is 396 g/mol. The van der Waals surface area contributed by atoms with Crippen molar-refractivity contribution in [1.82, 2.24) is 14.7 Å². The van der Waals surface area contributed by atoms with Gasteiger partial charge in [-0.1, -0.05) is 18.2 Å². The number of hydrogen-bond donors (Lipinski definition) is 0. The highest BCUT2D eigenvalue weighted by atomic mass is 35.5. The third-order valence-corrected chi connectivity index (χ3v) is 5.16. The first-order valence-electron chi connectivity index (χ1n) is 8.77. The minimum atomic E-state index is -4.33. The average Bonchev–Trinajstić information content (AvgIpc) is 3.01. The van der Waals surface area contributed by atoms with E-state index in [1.165, 1.54) is 12.1 Å². The van der Waals surface area contributed by atoms with E-state index in [2.05, 4.69) is 18.0 Å². The molecule has 0 radical (unpaired) electrons. The zero-order chi connectivity index (χ0) is 18.3. The number of rotatable bonds is 2. The highest BCUT2D eigenvalue weighted by Gasteiger charge is 2.30. The number of nitrogens with zero attached hydrogens (tertiary/aromatic N) is 3. The molecule has 1 aliphatic rings. The first-order valence-corrected chi connectivity index (χ1v) is 8.77. The zero-order valence-electron chi connectivity index (χ0n) is 14.9. The molecule has 144 valence electrons. The Kier molecular flexibility index (Phi) is 5.49. The molecule has 1 saturated heterocycles. The lowest BCUT2D eigenvalue weighted by atomic mass is 9.92. The van der Waals surface area contributed by atoms with Crippen LogP contribution in [0.2, 0.25) is 0 Å². The fourth-order valence-corrected chi connectivity index (χ4v) is 3.66. The van der Waals surface area contributed by atoms with E-state index in [4.69, 9.17) is 5.10 Å². The van der Waals surface area contributed by atoms with Gasteiger partial charge in [-0.15, -0.1) is 12.4 Å². The van der Waals surface area contributed by atoms with Crippen LogP contribution < -0.4 is 0 Å². The van der Waals surface area contributed by atoms with Crippen molar-refractivity contribution < 1.29 is 13.2 Å². The second-order valence-corrected chi connectivity index (χ2v) is 6.94. The van der Waals surface area contributed by atoms with E-state index in [1.54, 1.807) is 4.68 Å². The molecule has 0 saturated carbocycles. The van der Waals surface area contributed by atoms with Gasteiger partial charge in [0.05, 0.1) is 22.5 Å². The van der Waals surface area contributed by atoms with E-state index in [1.807, 2.05) is 18.2 Å². The number of piperidine rings is 1. The largest absolute Gasteiger partial charge is 0.416 e. The summed E-state index contributed by atoms with van der Waals surface area (Å²) in [7, 11) is 2.12. The van der Waals surface area contributed by atoms with Crippen LogP contribution in [0.4, 0.5) is 13.2 Å². The SMILES string of the molecule is CN1CCC(c2nn(-c3ccc(C(F)(F)F)cc3)c3ccccc23)CC1.Cl. The Labute approximate surface area is 162 Å². The van der Waals surface area contributed by atoms with Crippen molar-refractivity contribution in [1.29, 1.82) is 0 Å². The van der Waals surface area contributed by atoms with E-state index >= 15 is 0 Å². The van der Waals surface area contributed by atoms with Crippen molar-refractivity contribution in [2.75, 3.05) is 20.1 Å². The minimum absolute atomic E-state index is 0. The van der Waals surface area contributed by atoms with Crippen LogP contribution in [0.5, 0.6) is 0 Å². The maximum Gasteiger partial charge on any atom is 0.416 e. The number of benzene rings is 2. The summed E-state index contributed by atoms with van der Waals surface area (Å²) in [6, 6.07) is 13.1. The molecule has 1 aliphatic heterocycles. The van der Waals surface area contributed by atoms with Crippen molar-refractivity contribution in [3.8, 4) is 5.69 Å². The molecule has 0 N–H and O–H groups in total. The summed E-state index contributed by atoms with van der Waals surface area (Å²) in [5.41, 5.74) is 1.98. The molecule has 0 atom stereocenters. The molecule has 7 heteroatoms. The monoisotopic (exact) mass is 395 g/mol. The predicted molar refractivity (Wildman–Crippen MR) is 103 cm³/mol. The molecule has 27 heavy (non-hydrogen) atoms. The number of fused-ring (bicyclic) bond motifs is 1. The van der Waals surface area contributed by atoms with Crippen LogP contribution in [0.25, 0.3) is 16.6 Å². The highest BCUT2D eigenvalue weighted by Crippen LogP contribution is 2.34. The molecule has 0 bridgehead atoms. The van der Waals surface area contributed by atoms with Gasteiger partial charge in [0, 0.05) is 11.3 Å². The second kappa shape index (κ2) is 7.52. The molecule has 0 amide bonds. The summed E-state index contributed by atoms with van der Waals surface area (Å²) >= 11 is 0. The topological polar surface area (TPSA) is 21.1 Å². The molecule has 1 aromatic heterocycles. The van der Waals surface area contributed by atoms with E-state index in [-0.39, 0.29) is 12.4 Å². The van der Waals surface area contributed by atoms with Gasteiger partial charge in [-0.25, -0.2) is 4.68 Å². The van der Waals surface area contributed by atoms with Gasteiger partial charge in [0.1, 0.15) is 0 Å². The quantitative estimate of drug-likeness (QED) is 0.589. The van der Waals surface area contributed by atoms with Crippen LogP contribution in [0.3, 0.4) is 0 Å². The Morgan fingerprint density at radius 2 is 1.59 bits per heavy atom. The normalized spacial score (nSPS) is 16.4. The fraction of sp³-hybridized carbons (Fsp3) is 0.350. The molecule has 3 nitrogen and oxygen atoms in total. The van der Waals surface area contributed by atoms with Crippen molar-refractivity contribution in [3.05, 3.63) is 59.8 Å². The summed E-state index contributed by atoms with van der Waals surface area (Å²) in [6.07, 6.45) is -2.24. The Bertz CT molecular complexity index is 910. The Hall–Kier alpha value is -2.05. The lowest BCUT2D eigenvalue weighted by Crippen LogP contribution is -2.29. The summed E-state index contributed by atoms with van der Waals surface area (Å²) in [4.78, 5) is 2.31. The molecular formula is C20H21ClF3N3. The molecule has 3 aromatic rings. The molecule has 0 unspecified atom stereocenters. The molecule has 0 aliphatic carbocycles. The maximum absolute atomic E-state index is 12.8. The third kappa shape index (κ3) is 3.82. The van der Waals surface area contributed by atoms with Gasteiger partial charge in [-0.2, -0.15) is 18.3 Å². The number of alkyl halides is 3. The van der Waals surface area contributed by atoms with E-state index in [0.29, 0.717) is 11.6 Å². The van der Waals surface area contributed by atoms with E-state index in [0.717, 1.165) is 54.7 Å². The molecular weight excluding hydrogens is 375 g/mol. The third-order valence-electron chi connectivity index (χ3n) is 5.16. The second-order valence-electron chi connectivity index (χ2n) is 6.94. The highest BCUT2D eigenvalue weighted by molar-refractivity contribution is 5.85. The smallest absolute Gasteiger partial charge is 0.306 e. The first kappa shape index (κ1) is 19.7. The Morgan fingerprint density at radius 3 is 2.22 bits per heavy atom. The van der Waals surface area contributed by atoms with Gasteiger partial charge in [-0.3, -0.25) is 0 Å². The molecule has 0 spiro atoms. The summed E-state index contributed by atoms with van der Waals surface area (Å²) in [6.45, 7) is 2.07. The number of halogens is 4. The summed E-state index contributed by atoms with van der Waals surface area (Å²) < 4.78 is 40.2. The summed E-state index contributed by atoms with van der Waals surface area (Å²) in [5.74, 6) is 0.381. The lowest BCUT2D eigenvalue weighted by Gasteiger charge is -2.28. The van der Waals surface area contributed by atoms with Gasteiger partial charge in [0.25, 0.3) is 0 Å². The van der Waals surface area contributed by atoms with Gasteiger partial charge in [0.15, 0.2) is 0 Å². The van der Waals surface area contributed by atoms with E-state index < -0.39 is 11.7 Å². The fourth-order valence-electron chi connectivity index (χ4n) is 3.66. The lowest BCUT2D eigenvalue weighted by molar-refractivity contribution is -0.137. The maximum atomic E-state index is 12.8. The van der Waals surface area contributed by atoms with Crippen molar-refractivity contribution >= 4 is 23.3 Å². The van der Waals surface area contributed by atoms with Gasteiger partial charge >= 0.3 is 6.18 Å². The first-order chi connectivity index (χ1) is 12.4. The van der Waals surface area contributed by atoms with Gasteiger partial charge in [-0.05, 0) is 63.3 Å². The number of aromatic nitrogens is 2. The van der Waals surface area contributed by atoms with Crippen molar-refractivity contribution in [3.63, 3.8) is 0 Å². The number of para-hydroxylation sites is 1. The molecule has 4 rings (SSSR count). The van der Waals surface area contributed by atoms with Crippen molar-refractivity contribution in [2.45, 2.75) is 24.9 Å². The Morgan fingerprint density at radius 1 is 0.963 bits per heavy atom. The number of hydrogen-bond acceptors (Lipinski definition) is 2. The predicted octanol–water partition coefficient (Wildman–Crippen LogP) is 5.28. The van der Waals surface area contributed by atoms with E-state index in [9.17, 15) is 13.2 Å². The summed E-state index contributed by atoms with van der Waals surface area (Å²) in [5, 5.41) is 5.90. The van der Waals surface area contributed by atoms with Gasteiger partial charge in [0.2, 0.25) is 0 Å². The molecule has 2 heterocycles. The molecule has 2 aromatic carbocycles. The van der Waals surface area contributed by atoms with Crippen LogP contribution >= 0.6 is 12.4 Å². The van der Waals surface area contributed by atoms with Gasteiger partial charge < -0.3 is 4.90 Å². The number of likely N-dealkylation sites (tertiary alicyclic amines) is 1. The van der Waals surface area contributed by atoms with Crippen LogP contribution in [0, 0.1) is 0 Å². The molecule has 1 fully saturated rings. The Balaban J connectivity index is 0.00000210. The van der Waals surface area contributed by atoms with Crippen LogP contribution in [0.1, 0.15) is 30.0 Å². The van der Waals surface area contributed by atoms with Crippen LogP contribution in [-0.4, -0.2) is 34.8 Å².